The van der Waals surface area contributed by atoms with Gasteiger partial charge in [-0.05, 0) is 175 Å². The minimum Gasteiger partial charge on any atom is -0.462 e. The lowest BCUT2D eigenvalue weighted by Crippen LogP contribution is -2.58. The maximum Gasteiger partial charge on any atom is 0.306 e. The Morgan fingerprint density at radius 2 is 1.31 bits per heavy atom. The summed E-state index contributed by atoms with van der Waals surface area (Å²) in [5, 5.41) is 0. The molecular weight excluding hydrogens is 633 g/mol. The number of hydrogen-bond acceptors (Lipinski definition) is 2. The van der Waals surface area contributed by atoms with Gasteiger partial charge < -0.3 is 4.74 Å². The summed E-state index contributed by atoms with van der Waals surface area (Å²) in [6.07, 6.45) is 46.1. The zero-order valence-electron chi connectivity index (χ0n) is 35.2. The van der Waals surface area contributed by atoms with E-state index < -0.39 is 0 Å². The van der Waals surface area contributed by atoms with Gasteiger partial charge in [-0.2, -0.15) is 0 Å². The van der Waals surface area contributed by atoms with Gasteiger partial charge in [-0.1, -0.05) is 115 Å². The second kappa shape index (κ2) is 17.8. The summed E-state index contributed by atoms with van der Waals surface area (Å²) in [7, 11) is 0. The van der Waals surface area contributed by atoms with E-state index in [2.05, 4.69) is 110 Å². The van der Waals surface area contributed by atoms with E-state index in [1.807, 2.05) is 0 Å². The third-order valence-electron chi connectivity index (χ3n) is 16.5. The number of carbonyl (C=O) groups is 1. The van der Waals surface area contributed by atoms with E-state index in [0.717, 1.165) is 56.3 Å². The maximum absolute atomic E-state index is 13.2. The van der Waals surface area contributed by atoms with E-state index in [4.69, 9.17) is 4.74 Å². The third-order valence-corrected chi connectivity index (χ3v) is 16.5. The van der Waals surface area contributed by atoms with Gasteiger partial charge in [0.2, 0.25) is 0 Å². The number of carbonyl (C=O) groups excluding carboxylic acids is 1. The number of esters is 1. The van der Waals surface area contributed by atoms with Crippen LogP contribution < -0.4 is 0 Å². The van der Waals surface area contributed by atoms with Crippen LogP contribution in [0.2, 0.25) is 0 Å². The fraction of sp³-hybridized carbons (Fsp3) is 0.780. The molecule has 9 atom stereocenters. The molecule has 0 unspecified atom stereocenters. The number of ether oxygens (including phenoxy) is 1. The van der Waals surface area contributed by atoms with Crippen molar-refractivity contribution in [1.29, 1.82) is 0 Å². The van der Waals surface area contributed by atoms with Crippen LogP contribution in [0.4, 0.5) is 0 Å². The van der Waals surface area contributed by atoms with Gasteiger partial charge in [0.15, 0.2) is 0 Å². The summed E-state index contributed by atoms with van der Waals surface area (Å²) in [6.45, 7) is 19.8. The Labute approximate surface area is 321 Å². The quantitative estimate of drug-likeness (QED) is 0.0757. The second-order valence-electron chi connectivity index (χ2n) is 19.8. The third kappa shape index (κ3) is 8.37. The summed E-state index contributed by atoms with van der Waals surface area (Å²) >= 11 is 0. The zero-order valence-corrected chi connectivity index (χ0v) is 35.2. The Balaban J connectivity index is 1.04. The van der Waals surface area contributed by atoms with Crippen molar-refractivity contribution in [1.82, 2.24) is 0 Å². The first-order valence-corrected chi connectivity index (χ1v) is 22.3. The lowest BCUT2D eigenvalue weighted by atomic mass is 9.41. The molecule has 0 radical (unpaired) electrons. The second-order valence-corrected chi connectivity index (χ2v) is 19.8. The summed E-state index contributed by atoms with van der Waals surface area (Å²) in [4.78, 5) is 13.2. The molecule has 0 aromatic heterocycles. The van der Waals surface area contributed by atoms with Crippen molar-refractivity contribution in [3.8, 4) is 0 Å². The highest BCUT2D eigenvalue weighted by atomic mass is 16.5. The molecule has 0 aromatic carbocycles. The number of allylic oxidation sites excluding steroid dienone is 10. The van der Waals surface area contributed by atoms with Gasteiger partial charge in [-0.25, -0.2) is 0 Å². The Morgan fingerprint density at radius 1 is 0.692 bits per heavy atom. The van der Waals surface area contributed by atoms with Crippen molar-refractivity contribution in [2.24, 2.45) is 50.7 Å². The molecule has 5 saturated carbocycles. The van der Waals surface area contributed by atoms with Crippen LogP contribution in [0.15, 0.2) is 60.3 Å². The summed E-state index contributed by atoms with van der Waals surface area (Å²) < 4.78 is 6.39. The molecule has 0 bridgehead atoms. The molecule has 5 rings (SSSR count). The topological polar surface area (TPSA) is 26.3 Å². The molecule has 5 fully saturated rings. The standard InChI is InChI=1S/C50H80O2/c1-9-10-11-12-13-14-15-16-17-18-19-20-21-22-23-24-25-29-45(51)52-44-33-35-49-38-50(49)37-36-47(7)41(40(4)28-26-27-39(2)3)32-34-48(47,8)43(50)31-30-42(49)46(44,5)6/h13-14,16-17,19-20,22-23,27,40-44H,9-12,15,18,21,24-26,28-38H2,1-8H3/b14-13-,17-16-,20-19-,23-22-/t40-,41-,42+,43+,44+,47-,48+,49-,50+/m1/s1. The molecule has 2 heteroatoms. The van der Waals surface area contributed by atoms with Gasteiger partial charge >= 0.3 is 5.97 Å². The van der Waals surface area contributed by atoms with Crippen molar-refractivity contribution < 1.29 is 9.53 Å². The van der Waals surface area contributed by atoms with Crippen LogP contribution in [-0.4, -0.2) is 12.1 Å². The summed E-state index contributed by atoms with van der Waals surface area (Å²) in [5.74, 6) is 3.30. The van der Waals surface area contributed by atoms with Crippen molar-refractivity contribution in [3.63, 3.8) is 0 Å². The highest BCUT2D eigenvalue weighted by molar-refractivity contribution is 5.69. The smallest absolute Gasteiger partial charge is 0.306 e. The lowest BCUT2D eigenvalue weighted by molar-refractivity contribution is -0.183. The number of fused-ring (bicyclic) bond motifs is 2. The van der Waals surface area contributed by atoms with E-state index >= 15 is 0 Å². The summed E-state index contributed by atoms with van der Waals surface area (Å²) in [6, 6.07) is 0. The van der Waals surface area contributed by atoms with Gasteiger partial charge in [-0.3, -0.25) is 4.79 Å². The highest BCUT2D eigenvalue weighted by Gasteiger charge is 2.82. The van der Waals surface area contributed by atoms with Crippen LogP contribution in [0, 0.1) is 50.7 Å². The van der Waals surface area contributed by atoms with Crippen LogP contribution in [-0.2, 0) is 9.53 Å². The van der Waals surface area contributed by atoms with Crippen molar-refractivity contribution >= 4 is 5.97 Å². The van der Waals surface area contributed by atoms with E-state index in [0.29, 0.717) is 34.0 Å². The first-order valence-electron chi connectivity index (χ1n) is 22.3. The SMILES string of the molecule is CCCCC/C=C\C/C=C\C/C=C\C/C=C\CCCC(=O)O[C@H]1CC[C@]23C[C@]24CC[C@]2(C)[C@@H]([C@H](C)CCC=C(C)C)CC[C@@]2(C)[C@@H]4CC[C@H]3C1(C)C. The molecule has 5 aliphatic rings. The molecule has 0 N–H and O–H groups in total. The first-order chi connectivity index (χ1) is 24.9. The lowest BCUT2D eigenvalue weighted by Gasteiger charge is -2.63. The molecule has 0 aromatic rings. The van der Waals surface area contributed by atoms with Gasteiger partial charge in [0, 0.05) is 11.8 Å². The van der Waals surface area contributed by atoms with E-state index in [1.165, 1.54) is 95.5 Å². The van der Waals surface area contributed by atoms with Gasteiger partial charge in [-0.15, -0.1) is 0 Å². The molecule has 0 amide bonds. The number of rotatable bonds is 19. The molecule has 5 aliphatic carbocycles. The summed E-state index contributed by atoms with van der Waals surface area (Å²) in [5.41, 5.74) is 3.56. The molecule has 2 spiro atoms. The van der Waals surface area contributed by atoms with Crippen molar-refractivity contribution in [2.45, 2.75) is 196 Å². The Hall–Kier alpha value is -1.83. The van der Waals surface area contributed by atoms with Crippen LogP contribution >= 0.6 is 0 Å². The van der Waals surface area contributed by atoms with Crippen LogP contribution in [0.3, 0.4) is 0 Å². The van der Waals surface area contributed by atoms with E-state index in [1.54, 1.807) is 0 Å². The van der Waals surface area contributed by atoms with Crippen molar-refractivity contribution in [2.75, 3.05) is 0 Å². The van der Waals surface area contributed by atoms with Crippen LogP contribution in [0.25, 0.3) is 0 Å². The van der Waals surface area contributed by atoms with Crippen LogP contribution in [0.5, 0.6) is 0 Å². The average Bonchev–Trinajstić information content (AvgIpc) is 3.68. The highest BCUT2D eigenvalue weighted by Crippen LogP contribution is 2.89. The van der Waals surface area contributed by atoms with Gasteiger partial charge in [0.05, 0.1) is 0 Å². The minimum atomic E-state index is 0.0285. The molecule has 2 nitrogen and oxygen atoms in total. The predicted octanol–water partition coefficient (Wildman–Crippen LogP) is 14.9. The number of hydrogen-bond donors (Lipinski definition) is 0. The van der Waals surface area contributed by atoms with Gasteiger partial charge in [0.1, 0.15) is 6.10 Å². The fourth-order valence-corrected chi connectivity index (χ4v) is 13.5. The maximum atomic E-state index is 13.2. The molecule has 292 valence electrons. The van der Waals surface area contributed by atoms with E-state index in [9.17, 15) is 4.79 Å². The molecular formula is C50H80O2. The first kappa shape index (κ1) is 41.3. The van der Waals surface area contributed by atoms with Gasteiger partial charge in [0.25, 0.3) is 0 Å². The zero-order chi connectivity index (χ0) is 37.5. The Morgan fingerprint density at radius 3 is 1.96 bits per heavy atom. The molecule has 0 aliphatic heterocycles. The largest absolute Gasteiger partial charge is 0.462 e. The minimum absolute atomic E-state index is 0.0285. The monoisotopic (exact) mass is 713 g/mol. The van der Waals surface area contributed by atoms with Crippen LogP contribution in [0.1, 0.15) is 190 Å². The normalized spacial score (nSPS) is 36.8. The fourth-order valence-electron chi connectivity index (χ4n) is 13.5. The Kier molecular flexibility index (Phi) is 14.1. The predicted molar refractivity (Wildman–Crippen MR) is 223 cm³/mol. The van der Waals surface area contributed by atoms with Crippen molar-refractivity contribution in [3.05, 3.63) is 60.3 Å². The Bertz CT molecular complexity index is 1320. The number of unbranched alkanes of at least 4 members (excludes halogenated alkanes) is 4. The molecule has 52 heavy (non-hydrogen) atoms. The average molecular weight is 713 g/mol. The van der Waals surface area contributed by atoms with E-state index in [-0.39, 0.29) is 17.5 Å². The molecule has 0 saturated heterocycles. The molecule has 0 heterocycles.